The van der Waals surface area contributed by atoms with Crippen LogP contribution in [0.4, 0.5) is 0 Å². The summed E-state index contributed by atoms with van der Waals surface area (Å²) in [4.78, 5) is 10.8. The van der Waals surface area contributed by atoms with Crippen molar-refractivity contribution < 1.29 is 9.90 Å². The summed E-state index contributed by atoms with van der Waals surface area (Å²) in [5, 5.41) is 12.0. The Hall–Kier alpha value is -0.220. The molecule has 96 valence electrons. The lowest BCUT2D eigenvalue weighted by atomic mass is 10.1. The van der Waals surface area contributed by atoms with E-state index in [1.165, 1.54) is 32.1 Å². The first-order valence-corrected chi connectivity index (χ1v) is 7.56. The smallest absolute Gasteiger partial charge is 0.321 e. The van der Waals surface area contributed by atoms with E-state index in [1.807, 2.05) is 6.26 Å². The first-order valence-electron chi connectivity index (χ1n) is 6.17. The molecule has 0 amide bonds. The standard InChI is InChI=1S/C12H25NO2S/c1-3-4-5-6-7-8-9-13-11(10-16-2)12(14)15/h11,13H,3-10H2,1-2H3,(H,14,15)/t11-/m0/s1. The highest BCUT2D eigenvalue weighted by atomic mass is 32.2. The van der Waals surface area contributed by atoms with Crippen molar-refractivity contribution in [1.82, 2.24) is 5.32 Å². The highest BCUT2D eigenvalue weighted by Crippen LogP contribution is 2.04. The van der Waals surface area contributed by atoms with Crippen LogP contribution in [-0.2, 0) is 4.79 Å². The molecule has 0 saturated carbocycles. The largest absolute Gasteiger partial charge is 0.480 e. The van der Waals surface area contributed by atoms with Crippen molar-refractivity contribution in [3.63, 3.8) is 0 Å². The molecule has 0 heterocycles. The average Bonchev–Trinajstić information content (AvgIpc) is 2.26. The lowest BCUT2D eigenvalue weighted by Gasteiger charge is -2.12. The second-order valence-corrected chi connectivity index (χ2v) is 4.98. The van der Waals surface area contributed by atoms with Crippen molar-refractivity contribution in [3.05, 3.63) is 0 Å². The Morgan fingerprint density at radius 3 is 2.44 bits per heavy atom. The number of carboxylic acids is 1. The maximum atomic E-state index is 10.8. The van der Waals surface area contributed by atoms with Crippen LogP contribution in [0.25, 0.3) is 0 Å². The molecule has 0 radical (unpaired) electrons. The van der Waals surface area contributed by atoms with Crippen LogP contribution >= 0.6 is 11.8 Å². The van der Waals surface area contributed by atoms with Crippen LogP contribution in [0.3, 0.4) is 0 Å². The molecule has 0 unspecified atom stereocenters. The summed E-state index contributed by atoms with van der Waals surface area (Å²) in [7, 11) is 0. The molecule has 0 bridgehead atoms. The number of unbranched alkanes of at least 4 members (excludes halogenated alkanes) is 5. The van der Waals surface area contributed by atoms with Crippen molar-refractivity contribution >= 4 is 17.7 Å². The molecule has 0 spiro atoms. The number of thioether (sulfide) groups is 1. The van der Waals surface area contributed by atoms with Gasteiger partial charge in [-0.2, -0.15) is 11.8 Å². The lowest BCUT2D eigenvalue weighted by Crippen LogP contribution is -2.39. The van der Waals surface area contributed by atoms with Gasteiger partial charge in [0.2, 0.25) is 0 Å². The zero-order chi connectivity index (χ0) is 12.2. The van der Waals surface area contributed by atoms with Gasteiger partial charge in [-0.25, -0.2) is 0 Å². The zero-order valence-electron chi connectivity index (χ0n) is 10.5. The number of carbonyl (C=O) groups is 1. The predicted octanol–water partition coefficient (Wildman–Crippen LogP) is 2.75. The summed E-state index contributed by atoms with van der Waals surface area (Å²) < 4.78 is 0. The van der Waals surface area contributed by atoms with Crippen LogP contribution < -0.4 is 5.32 Å². The number of hydrogen-bond acceptors (Lipinski definition) is 3. The Labute approximate surface area is 103 Å². The fourth-order valence-corrected chi connectivity index (χ4v) is 2.16. The van der Waals surface area contributed by atoms with E-state index in [1.54, 1.807) is 11.8 Å². The summed E-state index contributed by atoms with van der Waals surface area (Å²) in [6.07, 6.45) is 9.40. The normalized spacial score (nSPS) is 12.6. The molecule has 0 aliphatic heterocycles. The maximum absolute atomic E-state index is 10.8. The maximum Gasteiger partial charge on any atom is 0.321 e. The van der Waals surface area contributed by atoms with E-state index < -0.39 is 5.97 Å². The van der Waals surface area contributed by atoms with Crippen LogP contribution in [0.2, 0.25) is 0 Å². The molecule has 0 rings (SSSR count). The molecule has 16 heavy (non-hydrogen) atoms. The van der Waals surface area contributed by atoms with Crippen LogP contribution in [-0.4, -0.2) is 35.7 Å². The molecule has 0 aromatic carbocycles. The Morgan fingerprint density at radius 2 is 1.88 bits per heavy atom. The minimum absolute atomic E-state index is 0.384. The molecule has 0 aliphatic rings. The summed E-state index contributed by atoms with van der Waals surface area (Å²) >= 11 is 1.57. The third-order valence-corrected chi connectivity index (χ3v) is 3.22. The van der Waals surface area contributed by atoms with E-state index in [0.29, 0.717) is 5.75 Å². The lowest BCUT2D eigenvalue weighted by molar-refractivity contribution is -0.138. The highest BCUT2D eigenvalue weighted by Gasteiger charge is 2.14. The van der Waals surface area contributed by atoms with Gasteiger partial charge in [0.25, 0.3) is 0 Å². The Bertz CT molecular complexity index is 176. The highest BCUT2D eigenvalue weighted by molar-refractivity contribution is 7.98. The molecular formula is C12H25NO2S. The van der Waals surface area contributed by atoms with E-state index >= 15 is 0 Å². The predicted molar refractivity (Wildman–Crippen MR) is 71.2 cm³/mol. The fraction of sp³-hybridized carbons (Fsp3) is 0.917. The van der Waals surface area contributed by atoms with Crippen LogP contribution in [0.1, 0.15) is 45.4 Å². The SMILES string of the molecule is CCCCCCCCN[C@@H](CSC)C(=O)O. The van der Waals surface area contributed by atoms with Crippen LogP contribution in [0.5, 0.6) is 0 Å². The number of carboxylic acid groups (broad SMARTS) is 1. The van der Waals surface area contributed by atoms with E-state index in [2.05, 4.69) is 12.2 Å². The summed E-state index contributed by atoms with van der Waals surface area (Å²) in [6.45, 7) is 3.03. The molecule has 4 heteroatoms. The number of hydrogen-bond donors (Lipinski definition) is 2. The van der Waals surface area contributed by atoms with E-state index in [4.69, 9.17) is 5.11 Å². The van der Waals surface area contributed by atoms with Gasteiger partial charge in [-0.15, -0.1) is 0 Å². The van der Waals surface area contributed by atoms with Crippen molar-refractivity contribution in [1.29, 1.82) is 0 Å². The number of nitrogens with one attached hydrogen (secondary N) is 1. The fourth-order valence-electron chi connectivity index (χ4n) is 1.57. The minimum atomic E-state index is -0.736. The van der Waals surface area contributed by atoms with E-state index in [9.17, 15) is 4.79 Å². The van der Waals surface area contributed by atoms with Gasteiger partial charge in [-0.3, -0.25) is 4.79 Å². The van der Waals surface area contributed by atoms with Gasteiger partial charge in [0, 0.05) is 5.75 Å². The first kappa shape index (κ1) is 15.8. The molecule has 3 nitrogen and oxygen atoms in total. The van der Waals surface area contributed by atoms with Gasteiger partial charge in [-0.05, 0) is 19.2 Å². The molecule has 0 fully saturated rings. The summed E-state index contributed by atoms with van der Waals surface area (Å²) in [5.74, 6) is -0.0918. The molecule has 0 aliphatic carbocycles. The van der Waals surface area contributed by atoms with Crippen molar-refractivity contribution in [2.24, 2.45) is 0 Å². The second kappa shape index (κ2) is 11.3. The summed E-state index contributed by atoms with van der Waals surface area (Å²) in [6, 6.07) is -0.384. The first-order chi connectivity index (χ1) is 7.72. The third-order valence-electron chi connectivity index (χ3n) is 2.55. The third kappa shape index (κ3) is 9.04. The molecule has 2 N–H and O–H groups in total. The van der Waals surface area contributed by atoms with Gasteiger partial charge < -0.3 is 10.4 Å². The topological polar surface area (TPSA) is 49.3 Å². The summed E-state index contributed by atoms with van der Waals surface area (Å²) in [5.41, 5.74) is 0. The zero-order valence-corrected chi connectivity index (χ0v) is 11.3. The van der Waals surface area contributed by atoms with E-state index in [0.717, 1.165) is 13.0 Å². The average molecular weight is 247 g/mol. The Kier molecular flexibility index (Phi) is 11.1. The monoisotopic (exact) mass is 247 g/mol. The van der Waals surface area contributed by atoms with Gasteiger partial charge in [0.1, 0.15) is 6.04 Å². The van der Waals surface area contributed by atoms with Crippen molar-refractivity contribution in [2.75, 3.05) is 18.6 Å². The minimum Gasteiger partial charge on any atom is -0.480 e. The molecule has 0 aromatic heterocycles. The Balaban J connectivity index is 3.37. The van der Waals surface area contributed by atoms with Gasteiger partial charge in [0.15, 0.2) is 0 Å². The van der Waals surface area contributed by atoms with Crippen LogP contribution in [0, 0.1) is 0 Å². The van der Waals surface area contributed by atoms with Crippen LogP contribution in [0.15, 0.2) is 0 Å². The number of aliphatic carboxylic acids is 1. The van der Waals surface area contributed by atoms with Gasteiger partial charge >= 0.3 is 5.97 Å². The second-order valence-electron chi connectivity index (χ2n) is 4.07. The van der Waals surface area contributed by atoms with E-state index in [-0.39, 0.29) is 6.04 Å². The van der Waals surface area contributed by atoms with Crippen molar-refractivity contribution in [2.45, 2.75) is 51.5 Å². The quantitative estimate of drug-likeness (QED) is 0.551. The molecule has 1 atom stereocenters. The van der Waals surface area contributed by atoms with Gasteiger partial charge in [0.05, 0.1) is 0 Å². The van der Waals surface area contributed by atoms with Gasteiger partial charge in [-0.1, -0.05) is 39.0 Å². The number of rotatable bonds is 11. The molecular weight excluding hydrogens is 222 g/mol. The molecule has 0 saturated heterocycles. The molecule has 0 aromatic rings. The Morgan fingerprint density at radius 1 is 1.25 bits per heavy atom. The van der Waals surface area contributed by atoms with Crippen molar-refractivity contribution in [3.8, 4) is 0 Å².